The summed E-state index contributed by atoms with van der Waals surface area (Å²) in [5.41, 5.74) is 5.08. The van der Waals surface area contributed by atoms with Crippen molar-refractivity contribution in [2.75, 3.05) is 0 Å². The lowest BCUT2D eigenvalue weighted by molar-refractivity contribution is 0.0862. The molecule has 0 aromatic heterocycles. The first-order chi connectivity index (χ1) is 20.1. The molecule has 0 amide bonds. The Bertz CT molecular complexity index is 1250. The van der Waals surface area contributed by atoms with Gasteiger partial charge >= 0.3 is 0 Å². The summed E-state index contributed by atoms with van der Waals surface area (Å²) in [5.74, 6) is 8.00. The second kappa shape index (κ2) is 12.5. The van der Waals surface area contributed by atoms with Crippen molar-refractivity contribution in [2.24, 2.45) is 17.3 Å². The number of hydrogen-bond acceptors (Lipinski definition) is 3. The Morgan fingerprint density at radius 3 is 2.18 bits per heavy atom. The summed E-state index contributed by atoms with van der Waals surface area (Å²) in [6.07, 6.45) is 17.3. The Kier molecular flexibility index (Phi) is 10.1. The molecule has 5 atom stereocenters. The lowest BCUT2D eigenvalue weighted by atomic mass is 9.62. The van der Waals surface area contributed by atoms with E-state index in [9.17, 15) is 5.11 Å². The second-order valence-corrected chi connectivity index (χ2v) is 27.7. The van der Waals surface area contributed by atoms with Crippen LogP contribution < -0.4 is 0 Å². The van der Waals surface area contributed by atoms with Crippen LogP contribution in [0.25, 0.3) is 0 Å². The van der Waals surface area contributed by atoms with Gasteiger partial charge in [-0.25, -0.2) is 0 Å². The van der Waals surface area contributed by atoms with Crippen LogP contribution in [-0.2, 0) is 8.85 Å². The van der Waals surface area contributed by atoms with Crippen molar-refractivity contribution in [1.82, 2.24) is 0 Å². The Hall–Kier alpha value is -1.17. The van der Waals surface area contributed by atoms with E-state index in [4.69, 9.17) is 8.85 Å². The first-order valence-corrected chi connectivity index (χ1v) is 23.2. The molecule has 3 saturated carbocycles. The number of aliphatic hydroxyl groups is 1. The first kappa shape index (κ1) is 35.7. The zero-order valence-corrected chi connectivity index (χ0v) is 32.4. The highest BCUT2D eigenvalue weighted by molar-refractivity contribution is 6.74. The molecule has 3 nitrogen and oxygen atoms in total. The fourth-order valence-corrected chi connectivity index (χ4v) is 10.3. The van der Waals surface area contributed by atoms with Gasteiger partial charge in [-0.2, -0.15) is 0 Å². The van der Waals surface area contributed by atoms with Crippen LogP contribution in [0.3, 0.4) is 0 Å². The van der Waals surface area contributed by atoms with E-state index in [1.165, 1.54) is 48.8 Å². The fraction of sp³-hybridized carbons (Fsp3) is 0.744. The van der Waals surface area contributed by atoms with E-state index in [1.54, 1.807) is 5.57 Å². The summed E-state index contributed by atoms with van der Waals surface area (Å²) in [6, 6.07) is 0. The van der Waals surface area contributed by atoms with Gasteiger partial charge in [0.25, 0.3) is 0 Å². The summed E-state index contributed by atoms with van der Waals surface area (Å²) in [6.45, 7) is 31.8. The summed E-state index contributed by atoms with van der Waals surface area (Å²) in [5, 5.41) is 10.5. The molecule has 246 valence electrons. The standard InChI is InChI=1S/C39H64O3Si2/c1-28-31(26-32(41-43(10,11)36(2,3)4)27-35(28)42-44(12,13)37(5,6)7)19-18-29-17-15-24-39-25-22-30(16-14-23-38(8,9)40)34(39)21-20-33(29)39/h18-19,22,32-35,40H,1,15,17,20-21,23-27H2,2-13H3/b29-18+,31-19-/t32-,33+,34-,35+,39-/m1/s1. The zero-order chi connectivity index (χ0) is 32.9. The van der Waals surface area contributed by atoms with Crippen LogP contribution in [-0.4, -0.2) is 39.6 Å². The van der Waals surface area contributed by atoms with Gasteiger partial charge in [-0.05, 0) is 123 Å². The Balaban J connectivity index is 1.59. The summed E-state index contributed by atoms with van der Waals surface area (Å²) in [4.78, 5) is 0. The monoisotopic (exact) mass is 636 g/mol. The Morgan fingerprint density at radius 2 is 1.57 bits per heavy atom. The molecule has 0 aromatic carbocycles. The molecule has 1 spiro atoms. The lowest BCUT2D eigenvalue weighted by Gasteiger charge is -2.45. The molecular weight excluding hydrogens is 573 g/mol. The van der Waals surface area contributed by atoms with Crippen LogP contribution in [0.2, 0.25) is 36.3 Å². The molecule has 0 radical (unpaired) electrons. The van der Waals surface area contributed by atoms with Gasteiger partial charge in [0.15, 0.2) is 16.6 Å². The predicted octanol–water partition coefficient (Wildman–Crippen LogP) is 10.7. The molecule has 0 aromatic rings. The molecule has 0 aliphatic heterocycles. The van der Waals surface area contributed by atoms with Crippen LogP contribution in [0.15, 0.2) is 47.1 Å². The summed E-state index contributed by atoms with van der Waals surface area (Å²) < 4.78 is 14.1. The number of hydrogen-bond donors (Lipinski definition) is 1. The lowest BCUT2D eigenvalue weighted by Crippen LogP contribution is -2.49. The highest BCUT2D eigenvalue weighted by Gasteiger charge is 2.55. The average molecular weight is 637 g/mol. The molecule has 0 bridgehead atoms. The SMILES string of the molecule is C=C1/C(=C\C=C2/CCC[C@]34CC=C(C#CCC(C)(C)O)[C@H]3CC[C@@H]24)C[C@@H](O[Si](C)(C)C(C)(C)C)C[C@@H]1O[Si](C)(C)C(C)(C)C. The number of allylic oxidation sites excluding steroid dienone is 5. The van der Waals surface area contributed by atoms with E-state index in [0.29, 0.717) is 23.7 Å². The molecule has 3 fully saturated rings. The predicted molar refractivity (Wildman–Crippen MR) is 193 cm³/mol. The molecular formula is C39H64O3Si2. The molecule has 0 unspecified atom stereocenters. The van der Waals surface area contributed by atoms with Crippen molar-refractivity contribution in [2.45, 2.75) is 167 Å². The normalized spacial score (nSPS) is 31.9. The average Bonchev–Trinajstić information content (AvgIpc) is 3.39. The van der Waals surface area contributed by atoms with Gasteiger partial charge in [0.1, 0.15) is 0 Å². The molecule has 4 aliphatic carbocycles. The molecule has 5 heteroatoms. The molecule has 4 rings (SSSR count). The van der Waals surface area contributed by atoms with Crippen molar-refractivity contribution in [3.8, 4) is 11.8 Å². The molecule has 44 heavy (non-hydrogen) atoms. The minimum absolute atomic E-state index is 0.0154. The van der Waals surface area contributed by atoms with Crippen molar-refractivity contribution in [3.05, 3.63) is 47.1 Å². The maximum absolute atomic E-state index is 10.1. The van der Waals surface area contributed by atoms with Crippen molar-refractivity contribution in [1.29, 1.82) is 0 Å². The Morgan fingerprint density at radius 1 is 0.955 bits per heavy atom. The van der Waals surface area contributed by atoms with E-state index in [0.717, 1.165) is 19.3 Å². The third-order valence-electron chi connectivity index (χ3n) is 12.3. The fourth-order valence-electron chi connectivity index (χ4n) is 7.61. The van der Waals surface area contributed by atoms with Gasteiger partial charge in [0.2, 0.25) is 0 Å². The maximum Gasteiger partial charge on any atom is 0.192 e. The van der Waals surface area contributed by atoms with Crippen LogP contribution in [0.1, 0.15) is 113 Å². The largest absolute Gasteiger partial charge is 0.413 e. The van der Waals surface area contributed by atoms with Gasteiger partial charge in [-0.3, -0.25) is 0 Å². The van der Waals surface area contributed by atoms with Crippen LogP contribution in [0, 0.1) is 29.1 Å². The van der Waals surface area contributed by atoms with Crippen LogP contribution in [0.4, 0.5) is 0 Å². The zero-order valence-electron chi connectivity index (χ0n) is 30.4. The summed E-state index contributed by atoms with van der Waals surface area (Å²) in [7, 11) is -3.91. The minimum atomic E-state index is -1.98. The maximum atomic E-state index is 10.1. The quantitative estimate of drug-likeness (QED) is 0.233. The third-order valence-corrected chi connectivity index (χ3v) is 21.3. The van der Waals surface area contributed by atoms with Crippen LogP contribution in [0.5, 0.6) is 0 Å². The second-order valence-electron chi connectivity index (χ2n) is 18.2. The molecule has 0 heterocycles. The van der Waals surface area contributed by atoms with E-state index in [-0.39, 0.29) is 22.3 Å². The Labute approximate surface area is 273 Å². The van der Waals surface area contributed by atoms with Gasteiger partial charge in [0.05, 0.1) is 17.8 Å². The topological polar surface area (TPSA) is 38.7 Å². The number of rotatable bonds is 6. The van der Waals surface area contributed by atoms with E-state index >= 15 is 0 Å². The van der Waals surface area contributed by atoms with Crippen LogP contribution >= 0.6 is 0 Å². The van der Waals surface area contributed by atoms with Gasteiger partial charge in [0, 0.05) is 18.4 Å². The van der Waals surface area contributed by atoms with Gasteiger partial charge in [-0.15, -0.1) is 0 Å². The summed E-state index contributed by atoms with van der Waals surface area (Å²) >= 11 is 0. The smallest absolute Gasteiger partial charge is 0.192 e. The van der Waals surface area contributed by atoms with E-state index in [1.807, 2.05) is 13.8 Å². The van der Waals surface area contributed by atoms with Crippen molar-refractivity contribution < 1.29 is 14.0 Å². The molecule has 4 aliphatic rings. The van der Waals surface area contributed by atoms with Crippen molar-refractivity contribution >= 4 is 16.6 Å². The highest BCUT2D eigenvalue weighted by atomic mass is 28.4. The van der Waals surface area contributed by atoms with Gasteiger partial charge < -0.3 is 14.0 Å². The van der Waals surface area contributed by atoms with Gasteiger partial charge in [-0.1, -0.05) is 83.8 Å². The molecule has 1 N–H and O–H groups in total. The van der Waals surface area contributed by atoms with E-state index in [2.05, 4.69) is 104 Å². The highest BCUT2D eigenvalue weighted by Crippen LogP contribution is 2.64. The third kappa shape index (κ3) is 7.52. The van der Waals surface area contributed by atoms with E-state index < -0.39 is 22.2 Å². The minimum Gasteiger partial charge on any atom is -0.413 e. The molecule has 0 saturated heterocycles. The van der Waals surface area contributed by atoms with Crippen molar-refractivity contribution in [3.63, 3.8) is 0 Å². The first-order valence-electron chi connectivity index (χ1n) is 17.4.